The van der Waals surface area contributed by atoms with E-state index < -0.39 is 17.9 Å². The van der Waals surface area contributed by atoms with E-state index in [9.17, 15) is 9.59 Å². The maximum absolute atomic E-state index is 11.2. The summed E-state index contributed by atoms with van der Waals surface area (Å²) >= 11 is 0. The monoisotopic (exact) mass is 199 g/mol. The zero-order valence-electron chi connectivity index (χ0n) is 8.15. The van der Waals surface area contributed by atoms with Gasteiger partial charge in [0, 0.05) is 7.05 Å². The minimum Gasteiger partial charge on any atom is -0.394 e. The number of amides is 2. The summed E-state index contributed by atoms with van der Waals surface area (Å²) in [6.07, 6.45) is 0. The van der Waals surface area contributed by atoms with Gasteiger partial charge in [-0.3, -0.25) is 9.59 Å². The zero-order chi connectivity index (χ0) is 11.1. The van der Waals surface area contributed by atoms with Gasteiger partial charge in [-0.05, 0) is 6.92 Å². The van der Waals surface area contributed by atoms with Crippen molar-refractivity contribution in [2.45, 2.75) is 13.0 Å². The van der Waals surface area contributed by atoms with Crippen LogP contribution in [0.4, 0.5) is 0 Å². The molecule has 0 saturated heterocycles. The highest BCUT2D eigenvalue weighted by Gasteiger charge is 2.21. The number of carbonyl (C=O) groups is 2. The van der Waals surface area contributed by atoms with Crippen molar-refractivity contribution in [2.24, 2.45) is 0 Å². The number of carbonyl (C=O) groups excluding carboxylic acids is 2. The van der Waals surface area contributed by atoms with E-state index in [0.29, 0.717) is 0 Å². The summed E-state index contributed by atoms with van der Waals surface area (Å²) in [6, 6.07) is 1.26. The highest BCUT2D eigenvalue weighted by molar-refractivity contribution is 6.35. The van der Waals surface area contributed by atoms with Crippen LogP contribution in [0.5, 0.6) is 0 Å². The van der Waals surface area contributed by atoms with Crippen molar-refractivity contribution < 1.29 is 14.7 Å². The van der Waals surface area contributed by atoms with Crippen LogP contribution in [0, 0.1) is 11.3 Å². The molecule has 0 aromatic heterocycles. The summed E-state index contributed by atoms with van der Waals surface area (Å²) in [5, 5.41) is 19.0. The highest BCUT2D eigenvalue weighted by Crippen LogP contribution is 1.94. The Balaban J connectivity index is 4.19. The number of aliphatic hydroxyl groups excluding tert-OH is 1. The Hall–Kier alpha value is -1.61. The molecule has 2 N–H and O–H groups in total. The molecule has 6 heteroatoms. The molecule has 0 aliphatic rings. The second-order valence-electron chi connectivity index (χ2n) is 2.79. The molecule has 6 nitrogen and oxygen atoms in total. The van der Waals surface area contributed by atoms with E-state index in [1.807, 2.05) is 0 Å². The Bertz CT molecular complexity index is 259. The van der Waals surface area contributed by atoms with Gasteiger partial charge in [0.25, 0.3) is 0 Å². The van der Waals surface area contributed by atoms with Crippen LogP contribution in [0.1, 0.15) is 6.92 Å². The van der Waals surface area contributed by atoms with E-state index in [1.165, 1.54) is 7.05 Å². The quantitative estimate of drug-likeness (QED) is 0.425. The summed E-state index contributed by atoms with van der Waals surface area (Å²) in [5.74, 6) is -1.60. The van der Waals surface area contributed by atoms with Crippen LogP contribution >= 0.6 is 0 Å². The number of hydrogen-bond acceptors (Lipinski definition) is 4. The van der Waals surface area contributed by atoms with Gasteiger partial charge in [-0.1, -0.05) is 0 Å². The summed E-state index contributed by atoms with van der Waals surface area (Å²) in [7, 11) is 1.41. The van der Waals surface area contributed by atoms with Crippen LogP contribution in [-0.4, -0.2) is 48.1 Å². The number of aliphatic hydroxyl groups is 1. The maximum Gasteiger partial charge on any atom is 0.311 e. The third-order valence-corrected chi connectivity index (χ3v) is 1.77. The molecule has 0 aliphatic heterocycles. The van der Waals surface area contributed by atoms with Crippen molar-refractivity contribution in [1.29, 1.82) is 5.26 Å². The van der Waals surface area contributed by atoms with Crippen LogP contribution in [-0.2, 0) is 9.59 Å². The van der Waals surface area contributed by atoms with Crippen molar-refractivity contribution in [2.75, 3.05) is 20.2 Å². The van der Waals surface area contributed by atoms with Crippen LogP contribution < -0.4 is 5.32 Å². The Morgan fingerprint density at radius 1 is 1.64 bits per heavy atom. The van der Waals surface area contributed by atoms with Gasteiger partial charge in [-0.15, -0.1) is 0 Å². The predicted molar refractivity (Wildman–Crippen MR) is 47.9 cm³/mol. The third kappa shape index (κ3) is 3.41. The first-order valence-corrected chi connectivity index (χ1v) is 4.07. The Kier molecular flexibility index (Phi) is 5.26. The van der Waals surface area contributed by atoms with Gasteiger partial charge >= 0.3 is 11.8 Å². The Labute approximate surface area is 82.1 Å². The Morgan fingerprint density at radius 2 is 2.21 bits per heavy atom. The summed E-state index contributed by atoms with van der Waals surface area (Å²) in [5.41, 5.74) is 0. The van der Waals surface area contributed by atoms with Gasteiger partial charge in [0.2, 0.25) is 0 Å². The van der Waals surface area contributed by atoms with Gasteiger partial charge in [-0.2, -0.15) is 5.26 Å². The highest BCUT2D eigenvalue weighted by atomic mass is 16.3. The molecule has 0 aliphatic carbocycles. The minimum atomic E-state index is -0.839. The molecular weight excluding hydrogens is 186 g/mol. The fraction of sp³-hybridized carbons (Fsp3) is 0.625. The second-order valence-corrected chi connectivity index (χ2v) is 2.79. The number of likely N-dealkylation sites (N-methyl/N-ethyl adjacent to an activating group) is 1. The number of rotatable bonds is 3. The van der Waals surface area contributed by atoms with Crippen LogP contribution in [0.25, 0.3) is 0 Å². The summed E-state index contributed by atoms with van der Waals surface area (Å²) in [6.45, 7) is 1.19. The van der Waals surface area contributed by atoms with E-state index >= 15 is 0 Å². The average Bonchev–Trinajstić information content (AvgIpc) is 2.22. The molecule has 1 unspecified atom stereocenters. The molecule has 0 aromatic rings. The van der Waals surface area contributed by atoms with Crippen molar-refractivity contribution >= 4 is 11.8 Å². The fourth-order valence-corrected chi connectivity index (χ4v) is 0.678. The largest absolute Gasteiger partial charge is 0.394 e. The van der Waals surface area contributed by atoms with E-state index in [0.717, 1.165) is 4.90 Å². The summed E-state index contributed by atoms with van der Waals surface area (Å²) in [4.78, 5) is 23.4. The van der Waals surface area contributed by atoms with Crippen molar-refractivity contribution in [3.05, 3.63) is 0 Å². The van der Waals surface area contributed by atoms with Gasteiger partial charge in [0.05, 0.1) is 18.7 Å². The van der Waals surface area contributed by atoms with Crippen LogP contribution in [0.15, 0.2) is 0 Å². The number of nitriles is 1. The molecule has 78 valence electrons. The first-order chi connectivity index (χ1) is 6.54. The molecule has 0 bridgehead atoms. The first-order valence-electron chi connectivity index (χ1n) is 4.07. The number of nitrogens with zero attached hydrogens (tertiary/aromatic N) is 2. The maximum atomic E-state index is 11.2. The zero-order valence-corrected chi connectivity index (χ0v) is 8.15. The number of hydrogen-bond donors (Lipinski definition) is 2. The van der Waals surface area contributed by atoms with E-state index in [-0.39, 0.29) is 13.2 Å². The smallest absolute Gasteiger partial charge is 0.311 e. The molecule has 2 amide bonds. The van der Waals surface area contributed by atoms with E-state index in [4.69, 9.17) is 10.4 Å². The van der Waals surface area contributed by atoms with Gasteiger partial charge < -0.3 is 15.3 Å². The second kappa shape index (κ2) is 5.94. The molecule has 0 radical (unpaired) electrons. The molecule has 0 fully saturated rings. The lowest BCUT2D eigenvalue weighted by atomic mass is 10.3. The van der Waals surface area contributed by atoms with E-state index in [2.05, 4.69) is 5.32 Å². The molecule has 0 spiro atoms. The molecule has 0 aromatic carbocycles. The van der Waals surface area contributed by atoms with Gasteiger partial charge in [0.1, 0.15) is 6.54 Å². The topological polar surface area (TPSA) is 93.4 Å². The van der Waals surface area contributed by atoms with Crippen molar-refractivity contribution in [3.63, 3.8) is 0 Å². The van der Waals surface area contributed by atoms with Crippen molar-refractivity contribution in [1.82, 2.24) is 10.2 Å². The Morgan fingerprint density at radius 3 is 2.64 bits per heavy atom. The molecule has 0 heterocycles. The summed E-state index contributed by atoms with van der Waals surface area (Å²) < 4.78 is 0. The molecule has 0 rings (SSSR count). The first kappa shape index (κ1) is 12.4. The van der Waals surface area contributed by atoms with Crippen LogP contribution in [0.3, 0.4) is 0 Å². The number of nitrogens with one attached hydrogen (secondary N) is 1. The molecule has 14 heavy (non-hydrogen) atoms. The van der Waals surface area contributed by atoms with Crippen LogP contribution in [0.2, 0.25) is 0 Å². The lowest BCUT2D eigenvalue weighted by Crippen LogP contribution is -2.46. The van der Waals surface area contributed by atoms with Gasteiger partial charge in [0.15, 0.2) is 0 Å². The lowest BCUT2D eigenvalue weighted by Gasteiger charge is -2.21. The SMILES string of the molecule is CC(CO)N(C)C(=O)C(=O)NCC#N. The standard InChI is InChI=1S/C8H13N3O3/c1-6(5-12)11(2)8(14)7(13)10-4-3-9/h6,12H,4-5H2,1-2H3,(H,10,13). The average molecular weight is 199 g/mol. The fourth-order valence-electron chi connectivity index (χ4n) is 0.678. The van der Waals surface area contributed by atoms with Gasteiger partial charge in [-0.25, -0.2) is 0 Å². The third-order valence-electron chi connectivity index (χ3n) is 1.77. The predicted octanol–water partition coefficient (Wildman–Crippen LogP) is -1.53. The molecular formula is C8H13N3O3. The van der Waals surface area contributed by atoms with Crippen molar-refractivity contribution in [3.8, 4) is 6.07 Å². The lowest BCUT2D eigenvalue weighted by molar-refractivity contribution is -0.146. The molecule has 0 saturated carbocycles. The van der Waals surface area contributed by atoms with E-state index in [1.54, 1.807) is 13.0 Å². The minimum absolute atomic E-state index is 0.202. The molecule has 1 atom stereocenters. The normalized spacial score (nSPS) is 11.3.